The van der Waals surface area contributed by atoms with Crippen LogP contribution < -0.4 is 0 Å². The summed E-state index contributed by atoms with van der Waals surface area (Å²) >= 11 is 28.5. The summed E-state index contributed by atoms with van der Waals surface area (Å²) in [4.78, 5) is 11.0. The zero-order chi connectivity index (χ0) is 13.2. The van der Waals surface area contributed by atoms with Crippen molar-refractivity contribution in [3.63, 3.8) is 0 Å². The standard InChI is InChI=1S/C11H7Cl5O/c1-6(5-11(15,16)10(14)17)7-2-8(12)4-9(13)3-7/h2-4H,1,5H2. The van der Waals surface area contributed by atoms with E-state index in [0.29, 0.717) is 21.2 Å². The monoisotopic (exact) mass is 330 g/mol. The smallest absolute Gasteiger partial charge is 0.258 e. The predicted octanol–water partition coefficient (Wildman–Crippen LogP) is 5.34. The van der Waals surface area contributed by atoms with E-state index in [1.807, 2.05) is 0 Å². The van der Waals surface area contributed by atoms with Gasteiger partial charge in [0.05, 0.1) is 0 Å². The minimum absolute atomic E-state index is 0.00485. The van der Waals surface area contributed by atoms with Gasteiger partial charge in [0.15, 0.2) is 4.33 Å². The summed E-state index contributed by atoms with van der Waals surface area (Å²) in [5.41, 5.74) is 1.18. The number of carbonyl (C=O) groups excluding carboxylic acids is 1. The van der Waals surface area contributed by atoms with Crippen molar-refractivity contribution in [2.45, 2.75) is 10.8 Å². The van der Waals surface area contributed by atoms with E-state index >= 15 is 0 Å². The molecular formula is C11H7Cl5O. The molecule has 0 spiro atoms. The molecule has 92 valence electrons. The minimum atomic E-state index is -1.70. The second-order valence-corrected chi connectivity index (χ2v) is 6.12. The first-order valence-electron chi connectivity index (χ1n) is 4.44. The lowest BCUT2D eigenvalue weighted by Gasteiger charge is -2.16. The Kier molecular flexibility index (Phi) is 5.18. The molecule has 0 amide bonds. The quantitative estimate of drug-likeness (QED) is 0.537. The van der Waals surface area contributed by atoms with Crippen LogP contribution in [-0.2, 0) is 4.79 Å². The van der Waals surface area contributed by atoms with Gasteiger partial charge in [-0.25, -0.2) is 0 Å². The largest absolute Gasteiger partial charge is 0.278 e. The molecule has 1 nitrogen and oxygen atoms in total. The summed E-state index contributed by atoms with van der Waals surface area (Å²) in [5, 5.41) is 0.0660. The molecule has 0 atom stereocenters. The first kappa shape index (κ1) is 15.1. The second kappa shape index (κ2) is 5.81. The normalized spacial score (nSPS) is 11.4. The van der Waals surface area contributed by atoms with Gasteiger partial charge in [-0.2, -0.15) is 0 Å². The molecule has 0 aliphatic carbocycles. The van der Waals surface area contributed by atoms with Gasteiger partial charge in [0, 0.05) is 16.5 Å². The summed E-state index contributed by atoms with van der Waals surface area (Å²) in [7, 11) is 0. The highest BCUT2D eigenvalue weighted by molar-refractivity contribution is 6.78. The van der Waals surface area contributed by atoms with Crippen molar-refractivity contribution in [3.8, 4) is 0 Å². The molecule has 0 bridgehead atoms. The molecule has 0 unspecified atom stereocenters. The van der Waals surface area contributed by atoms with Crippen molar-refractivity contribution >= 4 is 68.8 Å². The molecular weight excluding hydrogens is 325 g/mol. The van der Waals surface area contributed by atoms with E-state index in [0.717, 1.165) is 0 Å². The first-order valence-corrected chi connectivity index (χ1v) is 6.33. The summed E-state index contributed by atoms with van der Waals surface area (Å²) in [6.45, 7) is 3.78. The number of carbonyl (C=O) groups is 1. The maximum absolute atomic E-state index is 11.0. The van der Waals surface area contributed by atoms with Gasteiger partial charge in [-0.3, -0.25) is 4.79 Å². The third-order valence-electron chi connectivity index (χ3n) is 1.99. The van der Waals surface area contributed by atoms with Crippen LogP contribution in [0.2, 0.25) is 10.0 Å². The lowest BCUT2D eigenvalue weighted by atomic mass is 10.0. The van der Waals surface area contributed by atoms with Crippen molar-refractivity contribution in [1.29, 1.82) is 0 Å². The zero-order valence-corrected chi connectivity index (χ0v) is 12.2. The van der Waals surface area contributed by atoms with Gasteiger partial charge in [0.25, 0.3) is 5.24 Å². The molecule has 0 fully saturated rings. The fourth-order valence-electron chi connectivity index (χ4n) is 1.20. The zero-order valence-electron chi connectivity index (χ0n) is 8.44. The molecule has 1 aromatic carbocycles. The Labute approximate surface area is 124 Å². The third-order valence-corrected chi connectivity index (χ3v) is 3.56. The van der Waals surface area contributed by atoms with Crippen LogP contribution in [0.4, 0.5) is 0 Å². The van der Waals surface area contributed by atoms with Crippen molar-refractivity contribution in [2.24, 2.45) is 0 Å². The molecule has 17 heavy (non-hydrogen) atoms. The van der Waals surface area contributed by atoms with Crippen LogP contribution >= 0.6 is 58.0 Å². The molecule has 6 heteroatoms. The molecule has 0 aliphatic heterocycles. The summed E-state index contributed by atoms with van der Waals surface area (Å²) < 4.78 is -1.70. The van der Waals surface area contributed by atoms with Gasteiger partial charge in [0.1, 0.15) is 0 Å². The summed E-state index contributed by atoms with van der Waals surface area (Å²) in [6.07, 6.45) is -0.00485. The highest BCUT2D eigenvalue weighted by Crippen LogP contribution is 2.35. The average molecular weight is 332 g/mol. The third kappa shape index (κ3) is 4.35. The SMILES string of the molecule is C=C(CC(Cl)(Cl)C(=O)Cl)c1cc(Cl)cc(Cl)c1. The van der Waals surface area contributed by atoms with E-state index in [-0.39, 0.29) is 6.42 Å². The molecule has 0 aliphatic rings. The van der Waals surface area contributed by atoms with Crippen LogP contribution in [0, 0.1) is 0 Å². The van der Waals surface area contributed by atoms with E-state index in [9.17, 15) is 4.79 Å². The van der Waals surface area contributed by atoms with Crippen LogP contribution in [0.1, 0.15) is 12.0 Å². The van der Waals surface area contributed by atoms with Crippen LogP contribution in [0.3, 0.4) is 0 Å². The highest BCUT2D eigenvalue weighted by Gasteiger charge is 2.33. The Morgan fingerprint density at radius 2 is 1.65 bits per heavy atom. The van der Waals surface area contributed by atoms with Gasteiger partial charge < -0.3 is 0 Å². The highest BCUT2D eigenvalue weighted by atomic mass is 35.5. The van der Waals surface area contributed by atoms with E-state index in [2.05, 4.69) is 6.58 Å². The van der Waals surface area contributed by atoms with Crippen molar-refractivity contribution in [3.05, 3.63) is 40.4 Å². The first-order chi connectivity index (χ1) is 7.72. The van der Waals surface area contributed by atoms with E-state index in [4.69, 9.17) is 58.0 Å². The van der Waals surface area contributed by atoms with Gasteiger partial charge in [-0.1, -0.05) is 53.0 Å². The van der Waals surface area contributed by atoms with Crippen LogP contribution in [0.15, 0.2) is 24.8 Å². The number of hydrogen-bond donors (Lipinski definition) is 0. The summed E-state index contributed by atoms with van der Waals surface area (Å²) in [5.74, 6) is 0. The number of allylic oxidation sites excluding steroid dienone is 1. The van der Waals surface area contributed by atoms with Crippen molar-refractivity contribution in [1.82, 2.24) is 0 Å². The lowest BCUT2D eigenvalue weighted by molar-refractivity contribution is -0.112. The minimum Gasteiger partial charge on any atom is -0.278 e. The number of halogens is 5. The molecule has 0 heterocycles. The van der Waals surface area contributed by atoms with Gasteiger partial charge in [0.2, 0.25) is 0 Å². The van der Waals surface area contributed by atoms with Crippen LogP contribution in [0.25, 0.3) is 5.57 Å². The summed E-state index contributed by atoms with van der Waals surface area (Å²) in [6, 6.07) is 4.89. The van der Waals surface area contributed by atoms with Crippen molar-refractivity contribution in [2.75, 3.05) is 0 Å². The fraction of sp³-hybridized carbons (Fsp3) is 0.182. The average Bonchev–Trinajstić information content (AvgIpc) is 2.15. The fourth-order valence-corrected chi connectivity index (χ4v) is 2.11. The number of rotatable bonds is 4. The van der Waals surface area contributed by atoms with Crippen LogP contribution in [0.5, 0.6) is 0 Å². The molecule has 1 rings (SSSR count). The Balaban J connectivity index is 2.94. The Hall–Kier alpha value is 0.0800. The molecule has 0 N–H and O–H groups in total. The van der Waals surface area contributed by atoms with Crippen LogP contribution in [-0.4, -0.2) is 9.58 Å². The lowest BCUT2D eigenvalue weighted by Crippen LogP contribution is -2.21. The topological polar surface area (TPSA) is 17.1 Å². The van der Waals surface area contributed by atoms with Gasteiger partial charge in [-0.15, -0.1) is 0 Å². The Morgan fingerprint density at radius 1 is 1.18 bits per heavy atom. The molecule has 0 saturated heterocycles. The van der Waals surface area contributed by atoms with E-state index in [1.54, 1.807) is 18.2 Å². The number of hydrogen-bond acceptors (Lipinski definition) is 1. The van der Waals surface area contributed by atoms with Gasteiger partial charge >= 0.3 is 0 Å². The predicted molar refractivity (Wildman–Crippen MR) is 75.4 cm³/mol. The molecule has 0 radical (unpaired) electrons. The Bertz CT molecular complexity index is 447. The Morgan fingerprint density at radius 3 is 2.06 bits per heavy atom. The molecule has 0 aromatic heterocycles. The van der Waals surface area contributed by atoms with Gasteiger partial charge in [-0.05, 0) is 40.9 Å². The molecule has 1 aromatic rings. The maximum atomic E-state index is 11.0. The van der Waals surface area contributed by atoms with E-state index in [1.165, 1.54) is 0 Å². The number of benzene rings is 1. The maximum Gasteiger partial charge on any atom is 0.258 e. The number of alkyl halides is 2. The van der Waals surface area contributed by atoms with E-state index < -0.39 is 9.58 Å². The second-order valence-electron chi connectivity index (χ2n) is 3.42. The molecule has 0 saturated carbocycles. The van der Waals surface area contributed by atoms with Crippen molar-refractivity contribution < 1.29 is 4.79 Å².